The van der Waals surface area contributed by atoms with E-state index in [1.54, 1.807) is 14.2 Å². The summed E-state index contributed by atoms with van der Waals surface area (Å²) in [5.74, 6) is 0.957. The van der Waals surface area contributed by atoms with Gasteiger partial charge in [-0.3, -0.25) is 0 Å². The summed E-state index contributed by atoms with van der Waals surface area (Å²) in [7, 11) is 3.27. The van der Waals surface area contributed by atoms with Crippen LogP contribution in [0.5, 0.6) is 5.75 Å². The number of hydrogen-bond donors (Lipinski definition) is 1. The summed E-state index contributed by atoms with van der Waals surface area (Å²) >= 11 is 0. The normalized spacial score (nSPS) is 16.0. The third-order valence-corrected chi connectivity index (χ3v) is 4.07. The molecular weight excluding hydrogens is 266 g/mol. The lowest BCUT2D eigenvalue weighted by Crippen LogP contribution is -2.30. The Labute approximate surface area is 126 Å². The van der Waals surface area contributed by atoms with Crippen molar-refractivity contribution >= 4 is 6.09 Å². The van der Waals surface area contributed by atoms with Crippen molar-refractivity contribution in [3.8, 4) is 5.75 Å². The molecule has 0 aliphatic heterocycles. The molecule has 0 saturated carbocycles. The summed E-state index contributed by atoms with van der Waals surface area (Å²) in [5.41, 5.74) is 2.51. The zero-order valence-corrected chi connectivity index (χ0v) is 12.7. The van der Waals surface area contributed by atoms with Gasteiger partial charge in [-0.25, -0.2) is 4.79 Å². The molecule has 1 aromatic rings. The van der Waals surface area contributed by atoms with Crippen LogP contribution in [0.25, 0.3) is 0 Å². The third kappa shape index (κ3) is 4.00. The minimum atomic E-state index is -0.884. The van der Waals surface area contributed by atoms with Crippen LogP contribution in [-0.4, -0.2) is 36.8 Å². The molecule has 0 bridgehead atoms. The molecule has 1 N–H and O–H groups in total. The van der Waals surface area contributed by atoms with Gasteiger partial charge in [0.1, 0.15) is 5.75 Å². The van der Waals surface area contributed by atoms with Gasteiger partial charge in [-0.1, -0.05) is 23.8 Å². The lowest BCUT2D eigenvalue weighted by Gasteiger charge is -2.27. The molecule has 1 aliphatic rings. The largest absolute Gasteiger partial charge is 0.497 e. The second kappa shape index (κ2) is 7.16. The molecule has 1 amide bonds. The van der Waals surface area contributed by atoms with Gasteiger partial charge < -0.3 is 14.7 Å². The number of likely N-dealkylation sites (N-methyl/N-ethyl adjacent to an activating group) is 1. The third-order valence-electron chi connectivity index (χ3n) is 4.07. The average Bonchev–Trinajstić information content (AvgIpc) is 2.53. The first kappa shape index (κ1) is 15.4. The summed E-state index contributed by atoms with van der Waals surface area (Å²) < 4.78 is 5.19. The van der Waals surface area contributed by atoms with E-state index in [0.717, 1.165) is 24.2 Å². The Bertz CT molecular complexity index is 507. The van der Waals surface area contributed by atoms with Crippen LogP contribution in [0.15, 0.2) is 35.9 Å². The Morgan fingerprint density at radius 3 is 2.57 bits per heavy atom. The van der Waals surface area contributed by atoms with Crippen molar-refractivity contribution in [1.82, 2.24) is 4.90 Å². The Morgan fingerprint density at radius 2 is 2.05 bits per heavy atom. The lowest BCUT2D eigenvalue weighted by atomic mass is 9.84. The smallest absolute Gasteiger partial charge is 0.407 e. The van der Waals surface area contributed by atoms with Crippen molar-refractivity contribution < 1.29 is 14.6 Å². The number of ether oxygens (including phenoxy) is 1. The molecule has 1 aliphatic carbocycles. The second-order valence-corrected chi connectivity index (χ2v) is 5.51. The monoisotopic (exact) mass is 289 g/mol. The van der Waals surface area contributed by atoms with Crippen LogP contribution in [0.3, 0.4) is 0 Å². The highest BCUT2D eigenvalue weighted by Gasteiger charge is 2.22. The standard InChI is InChI=1S/C17H23NO3/c1-18(17(19)20)12-16(13-6-4-3-5-7-13)14-8-10-15(21-2)11-9-14/h6,8-11,16H,3-5,7,12H2,1-2H3,(H,19,20)/t16-/m1/s1. The van der Waals surface area contributed by atoms with E-state index < -0.39 is 6.09 Å². The van der Waals surface area contributed by atoms with Gasteiger partial charge in [0, 0.05) is 19.5 Å². The first-order chi connectivity index (χ1) is 10.1. The molecule has 114 valence electrons. The molecule has 0 unspecified atom stereocenters. The van der Waals surface area contributed by atoms with E-state index in [1.807, 2.05) is 24.3 Å². The Morgan fingerprint density at radius 1 is 1.33 bits per heavy atom. The van der Waals surface area contributed by atoms with Crippen LogP contribution in [0.1, 0.15) is 37.2 Å². The number of nitrogens with zero attached hydrogens (tertiary/aromatic N) is 1. The molecule has 0 radical (unpaired) electrons. The first-order valence-electron chi connectivity index (χ1n) is 7.38. The summed E-state index contributed by atoms with van der Waals surface area (Å²) in [6.45, 7) is 0.494. The van der Waals surface area contributed by atoms with Crippen LogP contribution >= 0.6 is 0 Å². The molecule has 4 nitrogen and oxygen atoms in total. The molecule has 0 heterocycles. The SMILES string of the molecule is COc1ccc([C@H](CN(C)C(=O)O)C2=CCCCC2)cc1. The molecular formula is C17H23NO3. The zero-order chi connectivity index (χ0) is 15.2. The maximum absolute atomic E-state index is 11.1. The van der Waals surface area contributed by atoms with E-state index in [4.69, 9.17) is 9.84 Å². The van der Waals surface area contributed by atoms with Gasteiger partial charge in [0.25, 0.3) is 0 Å². The van der Waals surface area contributed by atoms with Crippen LogP contribution < -0.4 is 4.74 Å². The predicted octanol–water partition coefficient (Wildman–Crippen LogP) is 3.89. The lowest BCUT2D eigenvalue weighted by molar-refractivity contribution is 0.154. The summed E-state index contributed by atoms with van der Waals surface area (Å²) in [6, 6.07) is 7.95. The highest BCUT2D eigenvalue weighted by Crippen LogP contribution is 2.33. The number of carbonyl (C=O) groups is 1. The molecule has 2 rings (SSSR count). The average molecular weight is 289 g/mol. The van der Waals surface area contributed by atoms with E-state index >= 15 is 0 Å². The molecule has 0 aromatic heterocycles. The van der Waals surface area contributed by atoms with Gasteiger partial charge >= 0.3 is 6.09 Å². The fourth-order valence-electron chi connectivity index (χ4n) is 2.80. The van der Waals surface area contributed by atoms with Gasteiger partial charge in [0.2, 0.25) is 0 Å². The van der Waals surface area contributed by atoms with E-state index in [1.165, 1.54) is 23.3 Å². The van der Waals surface area contributed by atoms with Crippen molar-refractivity contribution in [3.63, 3.8) is 0 Å². The van der Waals surface area contributed by atoms with E-state index in [9.17, 15) is 4.79 Å². The fraction of sp³-hybridized carbons (Fsp3) is 0.471. The maximum Gasteiger partial charge on any atom is 0.407 e. The number of allylic oxidation sites excluding steroid dienone is 1. The highest BCUT2D eigenvalue weighted by atomic mass is 16.5. The Balaban J connectivity index is 2.25. The van der Waals surface area contributed by atoms with E-state index in [2.05, 4.69) is 6.08 Å². The zero-order valence-electron chi connectivity index (χ0n) is 12.7. The molecule has 0 saturated heterocycles. The molecule has 1 aromatic carbocycles. The molecule has 1 atom stereocenters. The van der Waals surface area contributed by atoms with E-state index in [-0.39, 0.29) is 5.92 Å². The summed E-state index contributed by atoms with van der Waals surface area (Å²) in [4.78, 5) is 12.5. The molecule has 0 spiro atoms. The molecule has 0 fully saturated rings. The van der Waals surface area contributed by atoms with Crippen molar-refractivity contribution in [3.05, 3.63) is 41.5 Å². The molecule has 21 heavy (non-hydrogen) atoms. The van der Waals surface area contributed by atoms with Crippen molar-refractivity contribution in [2.24, 2.45) is 0 Å². The van der Waals surface area contributed by atoms with Gasteiger partial charge in [-0.15, -0.1) is 0 Å². The topological polar surface area (TPSA) is 49.8 Å². The Hall–Kier alpha value is -1.97. The van der Waals surface area contributed by atoms with Crippen LogP contribution in [0.2, 0.25) is 0 Å². The van der Waals surface area contributed by atoms with Crippen LogP contribution in [0, 0.1) is 0 Å². The van der Waals surface area contributed by atoms with Gasteiger partial charge in [0.05, 0.1) is 7.11 Å². The van der Waals surface area contributed by atoms with Crippen molar-refractivity contribution in [2.75, 3.05) is 20.7 Å². The minimum absolute atomic E-state index is 0.136. The second-order valence-electron chi connectivity index (χ2n) is 5.51. The predicted molar refractivity (Wildman–Crippen MR) is 82.9 cm³/mol. The molecule has 4 heteroatoms. The minimum Gasteiger partial charge on any atom is -0.497 e. The van der Waals surface area contributed by atoms with Gasteiger partial charge in [0.15, 0.2) is 0 Å². The highest BCUT2D eigenvalue weighted by molar-refractivity contribution is 5.64. The number of carboxylic acid groups (broad SMARTS) is 1. The Kier molecular flexibility index (Phi) is 5.26. The van der Waals surface area contributed by atoms with Gasteiger partial charge in [-0.05, 0) is 43.4 Å². The van der Waals surface area contributed by atoms with Crippen LogP contribution in [-0.2, 0) is 0 Å². The number of amides is 1. The van der Waals surface area contributed by atoms with E-state index in [0.29, 0.717) is 6.54 Å². The van der Waals surface area contributed by atoms with Crippen molar-refractivity contribution in [2.45, 2.75) is 31.6 Å². The quantitative estimate of drug-likeness (QED) is 0.837. The van der Waals surface area contributed by atoms with Gasteiger partial charge in [-0.2, -0.15) is 0 Å². The van der Waals surface area contributed by atoms with Crippen molar-refractivity contribution in [1.29, 1.82) is 0 Å². The maximum atomic E-state index is 11.1. The number of benzene rings is 1. The number of methoxy groups -OCH3 is 1. The summed E-state index contributed by atoms with van der Waals surface area (Å²) in [6.07, 6.45) is 5.98. The van der Waals surface area contributed by atoms with Crippen LogP contribution in [0.4, 0.5) is 4.79 Å². The number of hydrogen-bond acceptors (Lipinski definition) is 2. The first-order valence-corrected chi connectivity index (χ1v) is 7.38. The number of rotatable bonds is 5. The fourth-order valence-corrected chi connectivity index (χ4v) is 2.80. The summed E-state index contributed by atoms with van der Waals surface area (Å²) in [5, 5.41) is 9.14.